The highest BCUT2D eigenvalue weighted by Gasteiger charge is 2.25. The number of esters is 1. The Morgan fingerprint density at radius 3 is 2.54 bits per heavy atom. The van der Waals surface area contributed by atoms with E-state index in [0.717, 1.165) is 16.5 Å². The summed E-state index contributed by atoms with van der Waals surface area (Å²) < 4.78 is 4.70. The topological polar surface area (TPSA) is 59.2 Å². The zero-order valence-corrected chi connectivity index (χ0v) is 14.0. The summed E-state index contributed by atoms with van der Waals surface area (Å²) in [5, 5.41) is 0.437. The molecule has 0 aliphatic carbocycles. The second-order valence-electron chi connectivity index (χ2n) is 5.29. The third-order valence-electron chi connectivity index (χ3n) is 3.79. The number of ether oxygens (including phenoxy) is 1. The Morgan fingerprint density at radius 1 is 1.08 bits per heavy atom. The van der Waals surface area contributed by atoms with E-state index in [4.69, 9.17) is 4.74 Å². The molecule has 5 heteroatoms. The molecule has 0 fully saturated rings. The van der Waals surface area contributed by atoms with E-state index in [1.807, 2.05) is 54.6 Å². The maximum Gasteiger partial charge on any atom is 0.315 e. The van der Waals surface area contributed by atoms with Gasteiger partial charge in [0.05, 0.1) is 18.1 Å². The number of carbonyl (C=O) groups is 2. The van der Waals surface area contributed by atoms with Crippen molar-refractivity contribution in [2.24, 2.45) is 0 Å². The van der Waals surface area contributed by atoms with Gasteiger partial charge in [-0.3, -0.25) is 9.59 Å². The molecule has 0 amide bonds. The number of fused-ring (bicyclic) bond motifs is 1. The van der Waals surface area contributed by atoms with Crippen molar-refractivity contribution in [3.05, 3.63) is 71.9 Å². The normalized spacial score (nSPS) is 12.0. The van der Waals surface area contributed by atoms with Gasteiger partial charge in [0.1, 0.15) is 0 Å². The van der Waals surface area contributed by atoms with Gasteiger partial charge in [-0.1, -0.05) is 48.5 Å². The minimum absolute atomic E-state index is 0.0208. The maximum atomic E-state index is 13.1. The molecule has 2 aromatic carbocycles. The largest absolute Gasteiger partial charge is 0.468 e. The Bertz CT molecular complexity index is 857. The molecule has 24 heavy (non-hydrogen) atoms. The first-order valence-corrected chi connectivity index (χ1v) is 8.59. The summed E-state index contributed by atoms with van der Waals surface area (Å²) in [6.45, 7) is 0. The van der Waals surface area contributed by atoms with Crippen molar-refractivity contribution in [1.29, 1.82) is 0 Å². The fourth-order valence-corrected chi connectivity index (χ4v) is 3.63. The van der Waals surface area contributed by atoms with Crippen molar-refractivity contribution in [3.63, 3.8) is 0 Å². The number of nitrogens with one attached hydrogen (secondary N) is 1. The van der Waals surface area contributed by atoms with Gasteiger partial charge in [0.15, 0.2) is 5.78 Å². The van der Waals surface area contributed by atoms with Gasteiger partial charge in [0, 0.05) is 22.7 Å². The molecule has 0 saturated heterocycles. The fourth-order valence-electron chi connectivity index (χ4n) is 2.58. The van der Waals surface area contributed by atoms with Gasteiger partial charge >= 0.3 is 5.97 Å². The molecule has 1 N–H and O–H groups in total. The molecule has 4 nitrogen and oxygen atoms in total. The Hall–Kier alpha value is -2.53. The third kappa shape index (κ3) is 3.36. The van der Waals surface area contributed by atoms with Gasteiger partial charge in [-0.25, -0.2) is 0 Å². The van der Waals surface area contributed by atoms with Crippen LogP contribution < -0.4 is 0 Å². The van der Waals surface area contributed by atoms with Gasteiger partial charge in [0.2, 0.25) is 0 Å². The molecule has 122 valence electrons. The van der Waals surface area contributed by atoms with E-state index in [0.29, 0.717) is 5.56 Å². The predicted molar refractivity (Wildman–Crippen MR) is 96.3 cm³/mol. The molecule has 0 aliphatic heterocycles. The maximum absolute atomic E-state index is 13.1. The van der Waals surface area contributed by atoms with Crippen molar-refractivity contribution < 1.29 is 14.3 Å². The van der Waals surface area contributed by atoms with Crippen LogP contribution in [0.4, 0.5) is 0 Å². The Morgan fingerprint density at radius 2 is 1.79 bits per heavy atom. The third-order valence-corrected chi connectivity index (χ3v) is 5.01. The second kappa shape index (κ2) is 7.36. The monoisotopic (exact) mass is 339 g/mol. The van der Waals surface area contributed by atoms with Gasteiger partial charge < -0.3 is 9.72 Å². The van der Waals surface area contributed by atoms with E-state index in [1.165, 1.54) is 18.9 Å². The zero-order valence-electron chi connectivity index (χ0n) is 13.2. The van der Waals surface area contributed by atoms with Crippen molar-refractivity contribution in [2.45, 2.75) is 5.25 Å². The quantitative estimate of drug-likeness (QED) is 0.545. The first kappa shape index (κ1) is 16.3. The summed E-state index contributed by atoms with van der Waals surface area (Å²) >= 11 is 1.28. The molecule has 1 heterocycles. The molecule has 1 atom stereocenters. The van der Waals surface area contributed by atoms with Crippen LogP contribution in [0.5, 0.6) is 0 Å². The molecule has 0 saturated carbocycles. The van der Waals surface area contributed by atoms with E-state index in [-0.39, 0.29) is 17.5 Å². The highest BCUT2D eigenvalue weighted by molar-refractivity contribution is 8.00. The van der Waals surface area contributed by atoms with E-state index >= 15 is 0 Å². The number of para-hydroxylation sites is 1. The standard InChI is InChI=1S/C19H17NO3S/c1-23-17(21)12-24-19(13-7-3-2-4-8-13)18(22)15-11-20-16-10-6-5-9-14(15)16/h2-11,19-20H,12H2,1H3/t19-/m1/s1. The molecule has 0 radical (unpaired) electrons. The van der Waals surface area contributed by atoms with Crippen LogP contribution in [0.25, 0.3) is 10.9 Å². The number of thioether (sulfide) groups is 1. The van der Waals surface area contributed by atoms with Crippen LogP contribution >= 0.6 is 11.8 Å². The summed E-state index contributed by atoms with van der Waals surface area (Å²) in [4.78, 5) is 27.8. The second-order valence-corrected chi connectivity index (χ2v) is 6.38. The Balaban J connectivity index is 1.95. The SMILES string of the molecule is COC(=O)CS[C@@H](C(=O)c1c[nH]c2ccccc12)c1ccccc1. The molecule has 3 rings (SSSR count). The number of carbonyl (C=O) groups excluding carboxylic acids is 2. The summed E-state index contributed by atoms with van der Waals surface area (Å²) in [5.41, 5.74) is 2.43. The van der Waals surface area contributed by atoms with E-state index in [9.17, 15) is 9.59 Å². The smallest absolute Gasteiger partial charge is 0.315 e. The Labute approximate surface area is 144 Å². The predicted octanol–water partition coefficient (Wildman–Crippen LogP) is 4.00. The number of benzene rings is 2. The van der Waals surface area contributed by atoms with Gasteiger partial charge in [-0.2, -0.15) is 0 Å². The molecule has 0 spiro atoms. The number of H-pyrrole nitrogens is 1. The zero-order chi connectivity index (χ0) is 16.9. The van der Waals surface area contributed by atoms with E-state index in [2.05, 4.69) is 4.98 Å². The first-order chi connectivity index (χ1) is 11.7. The number of aromatic nitrogens is 1. The van der Waals surface area contributed by atoms with E-state index < -0.39 is 5.25 Å². The molecule has 0 unspecified atom stereocenters. The molecule has 0 bridgehead atoms. The van der Waals surface area contributed by atoms with Crippen molar-refractivity contribution in [2.75, 3.05) is 12.9 Å². The minimum atomic E-state index is -0.454. The van der Waals surface area contributed by atoms with Crippen LogP contribution in [0.3, 0.4) is 0 Å². The van der Waals surface area contributed by atoms with Gasteiger partial charge in [0.25, 0.3) is 0 Å². The lowest BCUT2D eigenvalue weighted by molar-refractivity contribution is -0.137. The number of ketones is 1. The number of rotatable bonds is 6. The number of hydrogen-bond acceptors (Lipinski definition) is 4. The lowest BCUT2D eigenvalue weighted by atomic mass is 10.0. The van der Waals surface area contributed by atoms with Crippen LogP contribution in [0.15, 0.2) is 60.8 Å². The molecular weight excluding hydrogens is 322 g/mol. The Kier molecular flexibility index (Phi) is 5.01. The van der Waals surface area contributed by atoms with Crippen LogP contribution in [0.1, 0.15) is 21.2 Å². The van der Waals surface area contributed by atoms with Crippen LogP contribution in [0.2, 0.25) is 0 Å². The average molecular weight is 339 g/mol. The minimum Gasteiger partial charge on any atom is -0.468 e. The lowest BCUT2D eigenvalue weighted by Crippen LogP contribution is -2.13. The summed E-state index contributed by atoms with van der Waals surface area (Å²) in [7, 11) is 1.35. The number of aromatic amines is 1. The first-order valence-electron chi connectivity index (χ1n) is 7.54. The fraction of sp³-hybridized carbons (Fsp3) is 0.158. The summed E-state index contributed by atoms with van der Waals surface area (Å²) in [5.74, 6) is -0.232. The highest BCUT2D eigenvalue weighted by Crippen LogP contribution is 2.34. The van der Waals surface area contributed by atoms with Crippen molar-refractivity contribution >= 4 is 34.4 Å². The van der Waals surface area contributed by atoms with Crippen molar-refractivity contribution in [3.8, 4) is 0 Å². The van der Waals surface area contributed by atoms with Crippen LogP contribution in [-0.2, 0) is 9.53 Å². The number of Topliss-reactive ketones (excluding diaryl/α,β-unsaturated/α-hetero) is 1. The van der Waals surface area contributed by atoms with Gasteiger partial charge in [-0.15, -0.1) is 11.8 Å². The number of hydrogen-bond donors (Lipinski definition) is 1. The van der Waals surface area contributed by atoms with Crippen LogP contribution in [-0.4, -0.2) is 29.6 Å². The summed E-state index contributed by atoms with van der Waals surface area (Å²) in [6, 6.07) is 17.2. The van der Waals surface area contributed by atoms with Crippen LogP contribution in [0, 0.1) is 0 Å². The van der Waals surface area contributed by atoms with E-state index in [1.54, 1.807) is 6.20 Å². The number of methoxy groups -OCH3 is 1. The molecule has 1 aromatic heterocycles. The molecule has 3 aromatic rings. The molecule has 0 aliphatic rings. The summed E-state index contributed by atoms with van der Waals surface area (Å²) in [6.07, 6.45) is 1.74. The highest BCUT2D eigenvalue weighted by atomic mass is 32.2. The van der Waals surface area contributed by atoms with Gasteiger partial charge in [-0.05, 0) is 11.6 Å². The molecular formula is C19H17NO3S. The lowest BCUT2D eigenvalue weighted by Gasteiger charge is -2.15. The van der Waals surface area contributed by atoms with Crippen molar-refractivity contribution in [1.82, 2.24) is 4.98 Å². The average Bonchev–Trinajstić information content (AvgIpc) is 3.06.